The lowest BCUT2D eigenvalue weighted by Crippen LogP contribution is -1.96. The zero-order chi connectivity index (χ0) is 7.68. The molecule has 2 nitrogen and oxygen atoms in total. The first-order valence-electron chi connectivity index (χ1n) is 3.62. The largest absolute Gasteiger partial charge is 0.489 e. The number of pyridine rings is 1. The van der Waals surface area contributed by atoms with E-state index in [9.17, 15) is 0 Å². The Morgan fingerprint density at radius 1 is 1.55 bits per heavy atom. The van der Waals surface area contributed by atoms with Gasteiger partial charge in [0, 0.05) is 18.5 Å². The average Bonchev–Trinajstić information content (AvgIpc) is 2.78. The van der Waals surface area contributed by atoms with Crippen LogP contribution >= 0.6 is 11.6 Å². The van der Waals surface area contributed by atoms with Crippen molar-refractivity contribution in [2.75, 3.05) is 0 Å². The van der Waals surface area contributed by atoms with Crippen molar-refractivity contribution in [3.8, 4) is 5.75 Å². The van der Waals surface area contributed by atoms with Crippen LogP contribution in [0.2, 0.25) is 5.02 Å². The average molecular weight is 170 g/mol. The van der Waals surface area contributed by atoms with E-state index >= 15 is 0 Å². The number of nitrogens with zero attached hydrogens (tertiary/aromatic N) is 1. The summed E-state index contributed by atoms with van der Waals surface area (Å²) < 4.78 is 5.48. The summed E-state index contributed by atoms with van der Waals surface area (Å²) in [5.41, 5.74) is 0. The van der Waals surface area contributed by atoms with Crippen LogP contribution < -0.4 is 4.74 Å². The van der Waals surface area contributed by atoms with Crippen molar-refractivity contribution >= 4 is 11.6 Å². The molecule has 1 aromatic rings. The molecule has 0 saturated heterocycles. The van der Waals surface area contributed by atoms with Gasteiger partial charge in [-0.3, -0.25) is 4.98 Å². The lowest BCUT2D eigenvalue weighted by Gasteiger charge is -2.03. The van der Waals surface area contributed by atoms with Gasteiger partial charge in [-0.15, -0.1) is 0 Å². The molecule has 0 radical (unpaired) electrons. The molecule has 0 spiro atoms. The van der Waals surface area contributed by atoms with Crippen molar-refractivity contribution in [3.05, 3.63) is 23.5 Å². The normalized spacial score (nSPS) is 16.5. The summed E-state index contributed by atoms with van der Waals surface area (Å²) in [6.45, 7) is 0. The molecule has 11 heavy (non-hydrogen) atoms. The van der Waals surface area contributed by atoms with Gasteiger partial charge in [-0.25, -0.2) is 0 Å². The third-order valence-corrected chi connectivity index (χ3v) is 1.84. The molecule has 0 unspecified atom stereocenters. The Morgan fingerprint density at radius 2 is 2.36 bits per heavy atom. The van der Waals surface area contributed by atoms with Crippen molar-refractivity contribution in [3.63, 3.8) is 0 Å². The minimum Gasteiger partial charge on any atom is -0.489 e. The van der Waals surface area contributed by atoms with Crippen LogP contribution in [0.3, 0.4) is 0 Å². The number of hydrogen-bond acceptors (Lipinski definition) is 2. The van der Waals surface area contributed by atoms with Gasteiger partial charge in [0.15, 0.2) is 0 Å². The molecule has 0 bridgehead atoms. The van der Waals surface area contributed by atoms with E-state index in [1.54, 1.807) is 18.5 Å². The zero-order valence-electron chi connectivity index (χ0n) is 5.96. The molecular formula is C8H8ClNO. The molecule has 1 aliphatic rings. The highest BCUT2D eigenvalue weighted by atomic mass is 35.5. The Balaban J connectivity index is 2.15. The van der Waals surface area contributed by atoms with E-state index in [1.165, 1.54) is 0 Å². The van der Waals surface area contributed by atoms with Crippen molar-refractivity contribution < 1.29 is 4.74 Å². The highest BCUT2D eigenvalue weighted by molar-refractivity contribution is 6.31. The van der Waals surface area contributed by atoms with E-state index in [2.05, 4.69) is 4.98 Å². The Labute approximate surface area is 70.2 Å². The standard InChI is InChI=1S/C8H8ClNO/c9-7-5-10-4-3-8(7)11-6-1-2-6/h3-6H,1-2H2. The van der Waals surface area contributed by atoms with E-state index in [0.717, 1.165) is 18.6 Å². The van der Waals surface area contributed by atoms with Crippen LogP contribution in [0.1, 0.15) is 12.8 Å². The van der Waals surface area contributed by atoms with Gasteiger partial charge in [-0.05, 0) is 12.8 Å². The van der Waals surface area contributed by atoms with Gasteiger partial charge in [0.25, 0.3) is 0 Å². The summed E-state index contributed by atoms with van der Waals surface area (Å²) in [4.78, 5) is 3.86. The van der Waals surface area contributed by atoms with Gasteiger partial charge in [0.05, 0.1) is 6.10 Å². The summed E-state index contributed by atoms with van der Waals surface area (Å²) in [6.07, 6.45) is 5.98. The van der Waals surface area contributed by atoms with Gasteiger partial charge in [0.2, 0.25) is 0 Å². The van der Waals surface area contributed by atoms with Crippen LogP contribution in [-0.4, -0.2) is 11.1 Å². The van der Waals surface area contributed by atoms with Crippen LogP contribution in [0.25, 0.3) is 0 Å². The first-order valence-corrected chi connectivity index (χ1v) is 4.00. The maximum atomic E-state index is 5.81. The fraction of sp³-hybridized carbons (Fsp3) is 0.375. The third kappa shape index (κ3) is 1.63. The van der Waals surface area contributed by atoms with Gasteiger partial charge in [-0.2, -0.15) is 0 Å². The number of rotatable bonds is 2. The number of ether oxygens (including phenoxy) is 1. The first kappa shape index (κ1) is 6.92. The second kappa shape index (κ2) is 2.70. The predicted molar refractivity (Wildman–Crippen MR) is 42.9 cm³/mol. The first-order chi connectivity index (χ1) is 5.36. The summed E-state index contributed by atoms with van der Waals surface area (Å²) in [6, 6.07) is 1.79. The molecule has 0 aromatic carbocycles. The summed E-state index contributed by atoms with van der Waals surface area (Å²) in [7, 11) is 0. The molecule has 1 aromatic heterocycles. The van der Waals surface area contributed by atoms with E-state index in [-0.39, 0.29) is 0 Å². The lowest BCUT2D eigenvalue weighted by atomic mass is 10.4. The highest BCUT2D eigenvalue weighted by Gasteiger charge is 2.24. The van der Waals surface area contributed by atoms with Gasteiger partial charge in [0.1, 0.15) is 10.8 Å². The van der Waals surface area contributed by atoms with Crippen LogP contribution in [0.5, 0.6) is 5.75 Å². The van der Waals surface area contributed by atoms with E-state index in [1.807, 2.05) is 0 Å². The predicted octanol–water partition coefficient (Wildman–Crippen LogP) is 2.28. The van der Waals surface area contributed by atoms with Crippen LogP contribution in [0.15, 0.2) is 18.5 Å². The molecule has 1 fully saturated rings. The fourth-order valence-corrected chi connectivity index (χ4v) is 0.987. The zero-order valence-corrected chi connectivity index (χ0v) is 6.71. The quantitative estimate of drug-likeness (QED) is 0.678. The Kier molecular flexibility index (Phi) is 1.70. The second-order valence-electron chi connectivity index (χ2n) is 2.62. The minimum absolute atomic E-state index is 0.398. The SMILES string of the molecule is Clc1cnccc1OC1CC1. The Hall–Kier alpha value is -0.760. The van der Waals surface area contributed by atoms with Gasteiger partial charge < -0.3 is 4.74 Å². The summed E-state index contributed by atoms with van der Waals surface area (Å²) >= 11 is 5.81. The van der Waals surface area contributed by atoms with Crippen LogP contribution in [0, 0.1) is 0 Å². The Bertz CT molecular complexity index is 260. The molecule has 0 N–H and O–H groups in total. The van der Waals surface area contributed by atoms with E-state index in [4.69, 9.17) is 16.3 Å². The number of aromatic nitrogens is 1. The molecule has 1 heterocycles. The lowest BCUT2D eigenvalue weighted by molar-refractivity contribution is 0.303. The van der Waals surface area contributed by atoms with E-state index in [0.29, 0.717) is 11.1 Å². The number of hydrogen-bond donors (Lipinski definition) is 0. The maximum absolute atomic E-state index is 5.81. The van der Waals surface area contributed by atoms with Crippen molar-refractivity contribution in [2.45, 2.75) is 18.9 Å². The minimum atomic E-state index is 0.398. The summed E-state index contributed by atoms with van der Waals surface area (Å²) in [5.74, 6) is 0.754. The van der Waals surface area contributed by atoms with Crippen LogP contribution in [-0.2, 0) is 0 Å². The molecule has 0 atom stereocenters. The molecular weight excluding hydrogens is 162 g/mol. The van der Waals surface area contributed by atoms with Crippen molar-refractivity contribution in [1.82, 2.24) is 4.98 Å². The highest BCUT2D eigenvalue weighted by Crippen LogP contribution is 2.30. The van der Waals surface area contributed by atoms with Crippen molar-refractivity contribution in [1.29, 1.82) is 0 Å². The molecule has 0 amide bonds. The molecule has 2 rings (SSSR count). The summed E-state index contributed by atoms with van der Waals surface area (Å²) in [5, 5.41) is 0.597. The molecule has 58 valence electrons. The van der Waals surface area contributed by atoms with Gasteiger partial charge in [-0.1, -0.05) is 11.6 Å². The van der Waals surface area contributed by atoms with Gasteiger partial charge >= 0.3 is 0 Å². The Morgan fingerprint density at radius 3 is 3.00 bits per heavy atom. The molecule has 0 aliphatic heterocycles. The monoisotopic (exact) mass is 169 g/mol. The third-order valence-electron chi connectivity index (χ3n) is 1.55. The number of halogens is 1. The maximum Gasteiger partial charge on any atom is 0.141 e. The molecule has 1 saturated carbocycles. The smallest absolute Gasteiger partial charge is 0.141 e. The fourth-order valence-electron chi connectivity index (χ4n) is 0.823. The van der Waals surface area contributed by atoms with Crippen LogP contribution in [0.4, 0.5) is 0 Å². The van der Waals surface area contributed by atoms with E-state index < -0.39 is 0 Å². The van der Waals surface area contributed by atoms with Crippen molar-refractivity contribution in [2.24, 2.45) is 0 Å². The molecule has 1 aliphatic carbocycles. The molecule has 3 heteroatoms. The second-order valence-corrected chi connectivity index (χ2v) is 3.03. The topological polar surface area (TPSA) is 22.1 Å².